The Labute approximate surface area is 135 Å². The van der Waals surface area contributed by atoms with Crippen LogP contribution in [0.1, 0.15) is 32.2 Å². The minimum absolute atomic E-state index is 0.0531. The van der Waals surface area contributed by atoms with Gasteiger partial charge in [0.05, 0.1) is 11.4 Å². The Bertz CT molecular complexity index is 583. The Kier molecular flexibility index (Phi) is 4.35. The van der Waals surface area contributed by atoms with Gasteiger partial charge in [-0.05, 0) is 23.7 Å². The van der Waals surface area contributed by atoms with Crippen LogP contribution in [0, 0.1) is 5.92 Å². The lowest BCUT2D eigenvalue weighted by Gasteiger charge is -2.40. The zero-order valence-corrected chi connectivity index (χ0v) is 14.1. The lowest BCUT2D eigenvalue weighted by atomic mass is 9.92. The van der Waals surface area contributed by atoms with E-state index in [9.17, 15) is 0 Å². The van der Waals surface area contributed by atoms with Gasteiger partial charge < -0.3 is 10.2 Å². The summed E-state index contributed by atoms with van der Waals surface area (Å²) in [6.07, 6.45) is 0. The standard InChI is InChI=1S/C15H22N6S/c1-15(2,3)13-4-5-14(19-18-13)21-8-11(9-21)6-16-7-12-10-22-20-17-12/h4-5,10-11,16H,6-9H2,1-3H3. The van der Waals surface area contributed by atoms with Gasteiger partial charge in [-0.25, -0.2) is 0 Å². The summed E-state index contributed by atoms with van der Waals surface area (Å²) in [5, 5.41) is 18.1. The van der Waals surface area contributed by atoms with Crippen molar-refractivity contribution in [2.24, 2.45) is 5.92 Å². The van der Waals surface area contributed by atoms with Gasteiger partial charge in [-0.15, -0.1) is 10.2 Å². The second kappa shape index (κ2) is 6.26. The molecule has 0 bridgehead atoms. The Hall–Kier alpha value is -1.60. The van der Waals surface area contributed by atoms with Crippen molar-refractivity contribution in [1.29, 1.82) is 0 Å². The van der Waals surface area contributed by atoms with E-state index in [0.29, 0.717) is 5.92 Å². The first-order valence-electron chi connectivity index (χ1n) is 7.58. The summed E-state index contributed by atoms with van der Waals surface area (Å²) in [5.41, 5.74) is 2.11. The molecule has 3 rings (SSSR count). The lowest BCUT2D eigenvalue weighted by Crippen LogP contribution is -2.51. The van der Waals surface area contributed by atoms with E-state index >= 15 is 0 Å². The van der Waals surface area contributed by atoms with Crippen molar-refractivity contribution < 1.29 is 0 Å². The molecule has 22 heavy (non-hydrogen) atoms. The number of hydrogen-bond acceptors (Lipinski definition) is 7. The van der Waals surface area contributed by atoms with Crippen LogP contribution in [0.15, 0.2) is 17.5 Å². The van der Waals surface area contributed by atoms with E-state index in [-0.39, 0.29) is 5.41 Å². The Balaban J connectivity index is 1.43. The van der Waals surface area contributed by atoms with Gasteiger partial charge in [-0.2, -0.15) is 5.10 Å². The first kappa shape index (κ1) is 15.3. The summed E-state index contributed by atoms with van der Waals surface area (Å²) in [6, 6.07) is 4.17. The third-order valence-corrected chi connectivity index (χ3v) is 4.40. The van der Waals surface area contributed by atoms with Crippen LogP contribution < -0.4 is 10.2 Å². The van der Waals surface area contributed by atoms with Gasteiger partial charge in [0, 0.05) is 42.9 Å². The molecule has 0 amide bonds. The zero-order valence-electron chi connectivity index (χ0n) is 13.3. The van der Waals surface area contributed by atoms with Gasteiger partial charge >= 0.3 is 0 Å². The largest absolute Gasteiger partial charge is 0.354 e. The van der Waals surface area contributed by atoms with E-state index in [4.69, 9.17) is 0 Å². The minimum atomic E-state index is 0.0531. The van der Waals surface area contributed by atoms with Crippen LogP contribution in [0.2, 0.25) is 0 Å². The summed E-state index contributed by atoms with van der Waals surface area (Å²) in [7, 11) is 0. The number of aromatic nitrogens is 4. The third kappa shape index (κ3) is 3.59. The quantitative estimate of drug-likeness (QED) is 0.907. The van der Waals surface area contributed by atoms with Crippen LogP contribution in [0.5, 0.6) is 0 Å². The average Bonchev–Trinajstić information content (AvgIpc) is 2.94. The highest BCUT2D eigenvalue weighted by atomic mass is 32.1. The molecule has 0 unspecified atom stereocenters. The predicted molar refractivity (Wildman–Crippen MR) is 88.1 cm³/mol. The molecule has 1 fully saturated rings. The van der Waals surface area contributed by atoms with Gasteiger partial charge in [0.25, 0.3) is 0 Å². The van der Waals surface area contributed by atoms with Crippen LogP contribution in [-0.4, -0.2) is 39.4 Å². The van der Waals surface area contributed by atoms with Crippen molar-refractivity contribution in [3.8, 4) is 0 Å². The molecule has 1 N–H and O–H groups in total. The second-order valence-corrected chi connectivity index (χ2v) is 7.43. The van der Waals surface area contributed by atoms with E-state index in [0.717, 1.165) is 43.4 Å². The summed E-state index contributed by atoms with van der Waals surface area (Å²) in [5.74, 6) is 1.64. The third-order valence-electron chi connectivity index (χ3n) is 3.84. The van der Waals surface area contributed by atoms with Crippen LogP contribution in [-0.2, 0) is 12.0 Å². The molecule has 0 spiro atoms. The molecular weight excluding hydrogens is 296 g/mol. The van der Waals surface area contributed by atoms with E-state index in [1.165, 1.54) is 11.5 Å². The van der Waals surface area contributed by atoms with Crippen molar-refractivity contribution in [1.82, 2.24) is 25.1 Å². The van der Waals surface area contributed by atoms with E-state index in [2.05, 4.69) is 62.9 Å². The SMILES string of the molecule is CC(C)(C)c1ccc(N2CC(CNCc3csnn3)C2)nn1. The fourth-order valence-electron chi connectivity index (χ4n) is 2.45. The van der Waals surface area contributed by atoms with Crippen molar-refractivity contribution in [2.45, 2.75) is 32.7 Å². The van der Waals surface area contributed by atoms with Crippen LogP contribution >= 0.6 is 11.5 Å². The predicted octanol–water partition coefficient (Wildman–Crippen LogP) is 1.85. The summed E-state index contributed by atoms with van der Waals surface area (Å²) >= 11 is 1.39. The van der Waals surface area contributed by atoms with E-state index in [1.807, 2.05) is 5.38 Å². The topological polar surface area (TPSA) is 66.8 Å². The molecule has 0 atom stereocenters. The van der Waals surface area contributed by atoms with Gasteiger partial charge in [-0.3, -0.25) is 0 Å². The molecule has 118 valence electrons. The highest BCUT2D eigenvalue weighted by molar-refractivity contribution is 7.03. The highest BCUT2D eigenvalue weighted by Crippen LogP contribution is 2.24. The number of hydrogen-bond donors (Lipinski definition) is 1. The summed E-state index contributed by atoms with van der Waals surface area (Å²) < 4.78 is 3.86. The van der Waals surface area contributed by atoms with Crippen molar-refractivity contribution >= 4 is 17.4 Å². The lowest BCUT2D eigenvalue weighted by molar-refractivity contribution is 0.380. The monoisotopic (exact) mass is 318 g/mol. The Morgan fingerprint density at radius 2 is 2.05 bits per heavy atom. The maximum atomic E-state index is 4.36. The maximum Gasteiger partial charge on any atom is 0.151 e. The maximum absolute atomic E-state index is 4.36. The van der Waals surface area contributed by atoms with Crippen molar-refractivity contribution in [3.05, 3.63) is 28.9 Å². The molecule has 7 heteroatoms. The molecule has 0 saturated carbocycles. The van der Waals surface area contributed by atoms with Crippen LogP contribution in [0.3, 0.4) is 0 Å². The first-order valence-corrected chi connectivity index (χ1v) is 8.42. The fraction of sp³-hybridized carbons (Fsp3) is 0.600. The molecule has 1 aliphatic heterocycles. The molecular formula is C15H22N6S. The average molecular weight is 318 g/mol. The highest BCUT2D eigenvalue weighted by Gasteiger charge is 2.28. The number of nitrogens with zero attached hydrogens (tertiary/aromatic N) is 5. The molecule has 1 aliphatic rings. The van der Waals surface area contributed by atoms with E-state index in [1.54, 1.807) is 0 Å². The van der Waals surface area contributed by atoms with Gasteiger partial charge in [0.15, 0.2) is 5.82 Å². The molecule has 0 aliphatic carbocycles. The molecule has 0 radical (unpaired) electrons. The number of nitrogens with one attached hydrogen (secondary N) is 1. The smallest absolute Gasteiger partial charge is 0.151 e. The molecule has 2 aromatic heterocycles. The Morgan fingerprint density at radius 3 is 2.64 bits per heavy atom. The summed E-state index contributed by atoms with van der Waals surface area (Å²) in [4.78, 5) is 2.27. The molecule has 1 saturated heterocycles. The minimum Gasteiger partial charge on any atom is -0.354 e. The normalized spacial score (nSPS) is 15.9. The molecule has 6 nitrogen and oxygen atoms in total. The zero-order chi connectivity index (χ0) is 15.6. The van der Waals surface area contributed by atoms with Crippen LogP contribution in [0.4, 0.5) is 5.82 Å². The van der Waals surface area contributed by atoms with Gasteiger partial charge in [-0.1, -0.05) is 25.3 Å². The molecule has 0 aromatic carbocycles. The Morgan fingerprint density at radius 1 is 1.23 bits per heavy atom. The number of anilines is 1. The van der Waals surface area contributed by atoms with Crippen LogP contribution in [0.25, 0.3) is 0 Å². The fourth-order valence-corrected chi connectivity index (χ4v) is 2.90. The number of rotatable bonds is 5. The van der Waals surface area contributed by atoms with Gasteiger partial charge in [0.2, 0.25) is 0 Å². The van der Waals surface area contributed by atoms with Crippen molar-refractivity contribution in [3.63, 3.8) is 0 Å². The van der Waals surface area contributed by atoms with E-state index < -0.39 is 0 Å². The van der Waals surface area contributed by atoms with Gasteiger partial charge in [0.1, 0.15) is 0 Å². The molecule has 2 aromatic rings. The summed E-state index contributed by atoms with van der Waals surface area (Å²) in [6.45, 7) is 10.3. The second-order valence-electron chi connectivity index (χ2n) is 6.82. The molecule has 3 heterocycles. The van der Waals surface area contributed by atoms with Crippen molar-refractivity contribution in [2.75, 3.05) is 24.5 Å². The first-order chi connectivity index (χ1) is 10.5.